The molecule has 5 heteroatoms. The van der Waals surface area contributed by atoms with Gasteiger partial charge in [-0.25, -0.2) is 24.3 Å². The molecule has 2 rings (SSSR count). The third kappa shape index (κ3) is 23.5. The summed E-state index contributed by atoms with van der Waals surface area (Å²) in [6, 6.07) is 0. The predicted molar refractivity (Wildman–Crippen MR) is 48.1 cm³/mol. The van der Waals surface area contributed by atoms with E-state index in [1.165, 1.54) is 0 Å². The van der Waals surface area contributed by atoms with Gasteiger partial charge in [0.15, 0.2) is 0 Å². The summed E-state index contributed by atoms with van der Waals surface area (Å²) >= 11 is 0. The van der Waals surface area contributed by atoms with E-state index < -0.39 is 0 Å². The summed E-state index contributed by atoms with van der Waals surface area (Å²) in [4.78, 5) is 16.2. The second-order valence-corrected chi connectivity index (χ2v) is 2.09. The maximum Gasteiger partial charge on any atom is 4.00 e. The maximum atomic E-state index is 8.12. The summed E-state index contributed by atoms with van der Waals surface area (Å²) in [5.41, 5.74) is 0. The van der Waals surface area contributed by atoms with Crippen LogP contribution in [0.15, 0.2) is 36.5 Å². The van der Waals surface area contributed by atoms with Gasteiger partial charge in [0.05, 0.1) is 0 Å². The zero-order valence-corrected chi connectivity index (χ0v) is 12.4. The molecule has 0 radical (unpaired) electrons. The molecule has 0 saturated carbocycles. The standard InChI is InChI=1S/2C5H5.CO2.2ClH.Zr/c2*1-2-4-5-3-1;2-1-3;;;/h2*1-3H,4H2;;2*1H;/q2*-1;;;;+4/p-2. The van der Waals surface area contributed by atoms with Crippen LogP contribution in [0.25, 0.3) is 0 Å². The molecule has 0 aromatic heterocycles. The van der Waals surface area contributed by atoms with Crippen LogP contribution in [0.1, 0.15) is 12.8 Å². The minimum Gasteiger partial charge on any atom is -1.00 e. The van der Waals surface area contributed by atoms with Crippen LogP contribution in [-0.4, -0.2) is 6.15 Å². The number of carbonyl (C=O) groups excluding carboxylic acids is 2. The van der Waals surface area contributed by atoms with Crippen molar-refractivity contribution in [3.8, 4) is 0 Å². The SMILES string of the molecule is O=C=O.[C-]1=CC=CC1.[C-]1=CC=CC1.[Cl-].[Cl-].[Zr+4]. The van der Waals surface area contributed by atoms with Crippen molar-refractivity contribution in [1.82, 2.24) is 0 Å². The Labute approximate surface area is 128 Å². The van der Waals surface area contributed by atoms with Gasteiger partial charge in [0.2, 0.25) is 0 Å². The summed E-state index contributed by atoms with van der Waals surface area (Å²) in [5, 5.41) is 0. The van der Waals surface area contributed by atoms with E-state index in [2.05, 4.69) is 24.3 Å². The average Bonchev–Trinajstić information content (AvgIpc) is 2.85. The number of rotatable bonds is 0. The topological polar surface area (TPSA) is 34.1 Å². The Kier molecular flexibility index (Phi) is 37.5. The minimum absolute atomic E-state index is 0. The first kappa shape index (κ1) is 24.9. The van der Waals surface area contributed by atoms with Gasteiger partial charge in [0.1, 0.15) is 0 Å². The Bertz CT molecular complexity index is 223. The summed E-state index contributed by atoms with van der Waals surface area (Å²) in [7, 11) is 0. The Balaban J connectivity index is -0.0000000638. The Morgan fingerprint density at radius 1 is 0.875 bits per heavy atom. The molecule has 2 aliphatic rings. The van der Waals surface area contributed by atoms with Crippen LogP contribution in [0.4, 0.5) is 0 Å². The van der Waals surface area contributed by atoms with Crippen molar-refractivity contribution in [2.45, 2.75) is 12.8 Å². The van der Waals surface area contributed by atoms with Crippen molar-refractivity contribution in [2.24, 2.45) is 0 Å². The fraction of sp³-hybridized carbons (Fsp3) is 0.182. The molecular weight excluding hydrogens is 326 g/mol. The van der Waals surface area contributed by atoms with Gasteiger partial charge >= 0.3 is 32.4 Å². The molecule has 0 saturated heterocycles. The first-order valence-corrected chi connectivity index (χ1v) is 3.84. The van der Waals surface area contributed by atoms with Crippen molar-refractivity contribution in [2.75, 3.05) is 0 Å². The number of halogens is 2. The molecule has 0 unspecified atom stereocenters. The van der Waals surface area contributed by atoms with E-state index in [1.807, 2.05) is 24.3 Å². The zero-order valence-electron chi connectivity index (χ0n) is 8.45. The van der Waals surface area contributed by atoms with Crippen LogP contribution in [0.2, 0.25) is 0 Å². The zero-order chi connectivity index (χ0) is 9.78. The van der Waals surface area contributed by atoms with Crippen LogP contribution in [0.3, 0.4) is 0 Å². The van der Waals surface area contributed by atoms with Crippen LogP contribution in [0.5, 0.6) is 0 Å². The van der Waals surface area contributed by atoms with Gasteiger partial charge in [0, 0.05) is 0 Å². The van der Waals surface area contributed by atoms with Crippen LogP contribution in [0, 0.1) is 12.2 Å². The molecule has 2 aliphatic carbocycles. The summed E-state index contributed by atoms with van der Waals surface area (Å²) < 4.78 is 0. The van der Waals surface area contributed by atoms with E-state index in [-0.39, 0.29) is 57.2 Å². The number of allylic oxidation sites excluding steroid dienone is 8. The largest absolute Gasteiger partial charge is 4.00 e. The van der Waals surface area contributed by atoms with E-state index in [0.717, 1.165) is 12.8 Å². The second kappa shape index (κ2) is 24.2. The fourth-order valence-corrected chi connectivity index (χ4v) is 0.680. The third-order valence-electron chi connectivity index (χ3n) is 1.17. The molecule has 0 spiro atoms. The molecule has 16 heavy (non-hydrogen) atoms. The number of hydrogen-bond donors (Lipinski definition) is 0. The molecular formula is C11H10Cl2O2Zr. The van der Waals surface area contributed by atoms with Gasteiger partial charge in [-0.2, -0.15) is 21.7 Å². The number of hydrogen-bond acceptors (Lipinski definition) is 2. The quantitative estimate of drug-likeness (QED) is 0.423. The predicted octanol–water partition coefficient (Wildman–Crippen LogP) is -3.97. The average molecular weight is 336 g/mol. The maximum absolute atomic E-state index is 8.12. The van der Waals surface area contributed by atoms with Gasteiger partial charge in [0.25, 0.3) is 0 Å². The molecule has 0 aliphatic heterocycles. The molecule has 0 fully saturated rings. The molecule has 2 nitrogen and oxygen atoms in total. The second-order valence-electron chi connectivity index (χ2n) is 2.09. The van der Waals surface area contributed by atoms with Gasteiger partial charge in [-0.1, -0.05) is 0 Å². The van der Waals surface area contributed by atoms with E-state index in [0.29, 0.717) is 0 Å². The minimum atomic E-state index is 0. The smallest absolute Gasteiger partial charge is 1.00 e. The van der Waals surface area contributed by atoms with Gasteiger partial charge in [-0.3, -0.25) is 12.2 Å². The molecule has 0 amide bonds. The van der Waals surface area contributed by atoms with E-state index in [9.17, 15) is 0 Å². The molecule has 0 heterocycles. The Morgan fingerprint density at radius 2 is 1.19 bits per heavy atom. The van der Waals surface area contributed by atoms with Crippen LogP contribution >= 0.6 is 0 Å². The van der Waals surface area contributed by atoms with Gasteiger partial charge in [-0.05, 0) is 0 Å². The molecule has 0 atom stereocenters. The van der Waals surface area contributed by atoms with Crippen molar-refractivity contribution in [3.63, 3.8) is 0 Å². The first-order valence-electron chi connectivity index (χ1n) is 3.84. The van der Waals surface area contributed by atoms with Gasteiger partial charge in [-0.15, -0.1) is 12.8 Å². The Hall–Kier alpha value is -0.197. The van der Waals surface area contributed by atoms with Crippen molar-refractivity contribution in [3.05, 3.63) is 48.6 Å². The van der Waals surface area contributed by atoms with Crippen molar-refractivity contribution >= 4 is 6.15 Å². The molecule has 0 aromatic rings. The monoisotopic (exact) mass is 334 g/mol. The van der Waals surface area contributed by atoms with E-state index >= 15 is 0 Å². The molecule has 0 N–H and O–H groups in total. The van der Waals surface area contributed by atoms with Crippen LogP contribution < -0.4 is 24.8 Å². The van der Waals surface area contributed by atoms with Gasteiger partial charge < -0.3 is 24.8 Å². The van der Waals surface area contributed by atoms with Crippen molar-refractivity contribution in [1.29, 1.82) is 0 Å². The molecule has 0 aromatic carbocycles. The van der Waals surface area contributed by atoms with E-state index in [1.54, 1.807) is 0 Å². The molecule has 0 bridgehead atoms. The van der Waals surface area contributed by atoms with Crippen molar-refractivity contribution < 1.29 is 60.6 Å². The molecule has 84 valence electrons. The fourth-order valence-electron chi connectivity index (χ4n) is 0.680. The van der Waals surface area contributed by atoms with E-state index in [4.69, 9.17) is 9.59 Å². The summed E-state index contributed by atoms with van der Waals surface area (Å²) in [6.07, 6.45) is 20.2. The summed E-state index contributed by atoms with van der Waals surface area (Å²) in [6.45, 7) is 0. The third-order valence-corrected chi connectivity index (χ3v) is 1.17. The normalized spacial score (nSPS) is 11.5. The first-order chi connectivity index (χ1) is 6.41. The Morgan fingerprint density at radius 3 is 1.25 bits per heavy atom. The van der Waals surface area contributed by atoms with Crippen LogP contribution in [-0.2, 0) is 35.8 Å². The summed E-state index contributed by atoms with van der Waals surface area (Å²) in [5.74, 6) is 0.